The molecule has 2 N–H and O–H groups in total. The van der Waals surface area contributed by atoms with Crippen LogP contribution in [0.3, 0.4) is 0 Å². The van der Waals surface area contributed by atoms with Gasteiger partial charge in [-0.25, -0.2) is 4.98 Å². The lowest BCUT2D eigenvalue weighted by Gasteiger charge is -2.14. The molecule has 0 atom stereocenters. The zero-order chi connectivity index (χ0) is 11.9. The van der Waals surface area contributed by atoms with Crippen LogP contribution in [-0.4, -0.2) is 43.1 Å². The summed E-state index contributed by atoms with van der Waals surface area (Å²) in [6.45, 7) is 4.83. The van der Waals surface area contributed by atoms with E-state index >= 15 is 0 Å². The monoisotopic (exact) mass is 234 g/mol. The molecule has 0 saturated carbocycles. The molecule has 1 aromatic heterocycles. The highest BCUT2D eigenvalue weighted by Crippen LogP contribution is 2.11. The molecule has 1 saturated heterocycles. The number of likely N-dealkylation sites (tertiary alicyclic amines) is 1. The maximum Gasteiger partial charge on any atom is 0.127 e. The third-order valence-electron chi connectivity index (χ3n) is 3.20. The Morgan fingerprint density at radius 2 is 2.18 bits per heavy atom. The first-order valence-corrected chi connectivity index (χ1v) is 6.48. The van der Waals surface area contributed by atoms with E-state index in [4.69, 9.17) is 0 Å². The molecular formula is C13H22N4. The topological polar surface area (TPSA) is 40.2 Å². The van der Waals surface area contributed by atoms with Crippen LogP contribution in [0.4, 0.5) is 11.5 Å². The van der Waals surface area contributed by atoms with E-state index in [1.54, 1.807) is 0 Å². The van der Waals surface area contributed by atoms with Crippen LogP contribution in [0, 0.1) is 0 Å². The van der Waals surface area contributed by atoms with Crippen molar-refractivity contribution in [1.82, 2.24) is 9.88 Å². The highest BCUT2D eigenvalue weighted by Gasteiger charge is 2.09. The lowest BCUT2D eigenvalue weighted by molar-refractivity contribution is 0.337. The molecule has 2 heterocycles. The minimum atomic E-state index is 0.912. The average molecular weight is 234 g/mol. The summed E-state index contributed by atoms with van der Waals surface area (Å²) >= 11 is 0. The van der Waals surface area contributed by atoms with Crippen molar-refractivity contribution < 1.29 is 0 Å². The van der Waals surface area contributed by atoms with Crippen LogP contribution >= 0.6 is 0 Å². The van der Waals surface area contributed by atoms with Gasteiger partial charge in [0, 0.05) is 31.5 Å². The van der Waals surface area contributed by atoms with Crippen molar-refractivity contribution >= 4 is 11.5 Å². The lowest BCUT2D eigenvalue weighted by atomic mass is 10.3. The van der Waals surface area contributed by atoms with Gasteiger partial charge in [-0.3, -0.25) is 0 Å². The molecule has 0 bridgehead atoms. The number of nitrogens with zero attached hydrogens (tertiary/aromatic N) is 2. The van der Waals surface area contributed by atoms with Gasteiger partial charge in [-0.1, -0.05) is 0 Å². The van der Waals surface area contributed by atoms with Gasteiger partial charge in [0.05, 0.1) is 0 Å². The molecular weight excluding hydrogens is 212 g/mol. The van der Waals surface area contributed by atoms with Crippen LogP contribution in [-0.2, 0) is 0 Å². The summed E-state index contributed by atoms with van der Waals surface area (Å²) in [5.41, 5.74) is 1.14. The van der Waals surface area contributed by atoms with E-state index in [2.05, 4.69) is 20.5 Å². The van der Waals surface area contributed by atoms with E-state index in [9.17, 15) is 0 Å². The molecule has 1 fully saturated rings. The molecule has 0 aromatic carbocycles. The Bertz CT molecular complexity index is 334. The van der Waals surface area contributed by atoms with Gasteiger partial charge in [-0.15, -0.1) is 0 Å². The first kappa shape index (κ1) is 12.2. The Hall–Kier alpha value is -1.29. The zero-order valence-corrected chi connectivity index (χ0v) is 10.6. The third kappa shape index (κ3) is 3.89. The van der Waals surface area contributed by atoms with E-state index in [1.807, 2.05) is 25.4 Å². The van der Waals surface area contributed by atoms with Crippen LogP contribution in [0.2, 0.25) is 0 Å². The third-order valence-corrected chi connectivity index (χ3v) is 3.20. The fourth-order valence-electron chi connectivity index (χ4n) is 2.22. The first-order valence-electron chi connectivity index (χ1n) is 6.48. The van der Waals surface area contributed by atoms with Crippen LogP contribution in [0.15, 0.2) is 18.3 Å². The van der Waals surface area contributed by atoms with E-state index in [-0.39, 0.29) is 0 Å². The summed E-state index contributed by atoms with van der Waals surface area (Å²) in [5, 5.41) is 6.48. The zero-order valence-electron chi connectivity index (χ0n) is 10.6. The molecule has 2 rings (SSSR count). The Morgan fingerprint density at radius 1 is 1.35 bits per heavy atom. The highest BCUT2D eigenvalue weighted by molar-refractivity contribution is 5.51. The van der Waals surface area contributed by atoms with Gasteiger partial charge in [0.2, 0.25) is 0 Å². The van der Waals surface area contributed by atoms with Gasteiger partial charge < -0.3 is 15.5 Å². The van der Waals surface area contributed by atoms with E-state index < -0.39 is 0 Å². The largest absolute Gasteiger partial charge is 0.385 e. The molecule has 0 unspecified atom stereocenters. The van der Waals surface area contributed by atoms with E-state index in [0.717, 1.165) is 18.1 Å². The van der Waals surface area contributed by atoms with E-state index in [1.165, 1.54) is 38.9 Å². The minimum absolute atomic E-state index is 0.912. The number of hydrogen-bond acceptors (Lipinski definition) is 4. The summed E-state index contributed by atoms with van der Waals surface area (Å²) in [6, 6.07) is 4.05. The molecule has 1 aliphatic heterocycles. The smallest absolute Gasteiger partial charge is 0.127 e. The van der Waals surface area contributed by atoms with Crippen molar-refractivity contribution in [1.29, 1.82) is 0 Å². The number of pyridine rings is 1. The molecule has 0 radical (unpaired) electrons. The van der Waals surface area contributed by atoms with Crippen LogP contribution < -0.4 is 10.6 Å². The second kappa shape index (κ2) is 6.45. The molecule has 0 amide bonds. The Labute approximate surface area is 103 Å². The summed E-state index contributed by atoms with van der Waals surface area (Å²) in [6.07, 6.45) is 5.79. The van der Waals surface area contributed by atoms with Gasteiger partial charge >= 0.3 is 0 Å². The number of nitrogens with one attached hydrogen (secondary N) is 2. The highest BCUT2D eigenvalue weighted by atomic mass is 15.1. The van der Waals surface area contributed by atoms with Crippen molar-refractivity contribution in [3.8, 4) is 0 Å². The first-order chi connectivity index (χ1) is 8.38. The second-order valence-electron chi connectivity index (χ2n) is 4.51. The summed E-state index contributed by atoms with van der Waals surface area (Å²) in [5.74, 6) is 0.912. The standard InChI is InChI=1S/C13H22N4/c1-14-13-11-12(5-7-16-13)15-6-4-10-17-8-2-3-9-17/h5,7,11H,2-4,6,8-10H2,1H3,(H2,14,15,16). The van der Waals surface area contributed by atoms with Crippen molar-refractivity contribution in [2.24, 2.45) is 0 Å². The maximum atomic E-state index is 4.19. The number of anilines is 2. The summed E-state index contributed by atoms with van der Waals surface area (Å²) < 4.78 is 0. The summed E-state index contributed by atoms with van der Waals surface area (Å²) in [4.78, 5) is 6.74. The SMILES string of the molecule is CNc1cc(NCCCN2CCCC2)ccn1. The molecule has 4 nitrogen and oxygen atoms in total. The van der Waals surface area contributed by atoms with Gasteiger partial charge in [0.25, 0.3) is 0 Å². The van der Waals surface area contributed by atoms with Crippen LogP contribution in [0.25, 0.3) is 0 Å². The van der Waals surface area contributed by atoms with Crippen molar-refractivity contribution in [3.05, 3.63) is 18.3 Å². The normalized spacial score (nSPS) is 16.1. The molecule has 4 heteroatoms. The number of rotatable bonds is 6. The Morgan fingerprint density at radius 3 is 2.94 bits per heavy atom. The van der Waals surface area contributed by atoms with E-state index in [0.29, 0.717) is 0 Å². The Kier molecular flexibility index (Phi) is 4.62. The van der Waals surface area contributed by atoms with Crippen molar-refractivity contribution in [2.75, 3.05) is 43.9 Å². The second-order valence-corrected chi connectivity index (χ2v) is 4.51. The predicted octanol–water partition coefficient (Wildman–Crippen LogP) is 2.02. The number of aromatic nitrogens is 1. The molecule has 0 aliphatic carbocycles. The van der Waals surface area contributed by atoms with Gasteiger partial charge in [0.1, 0.15) is 5.82 Å². The van der Waals surface area contributed by atoms with Gasteiger partial charge in [-0.2, -0.15) is 0 Å². The average Bonchev–Trinajstić information content (AvgIpc) is 2.88. The molecule has 1 aromatic rings. The van der Waals surface area contributed by atoms with Gasteiger partial charge in [-0.05, 0) is 45.0 Å². The van der Waals surface area contributed by atoms with Gasteiger partial charge in [0.15, 0.2) is 0 Å². The number of hydrogen-bond donors (Lipinski definition) is 2. The van der Waals surface area contributed by atoms with Crippen molar-refractivity contribution in [2.45, 2.75) is 19.3 Å². The fourth-order valence-corrected chi connectivity index (χ4v) is 2.22. The molecule has 17 heavy (non-hydrogen) atoms. The Balaban J connectivity index is 1.66. The van der Waals surface area contributed by atoms with Crippen molar-refractivity contribution in [3.63, 3.8) is 0 Å². The summed E-state index contributed by atoms with van der Waals surface area (Å²) in [7, 11) is 1.89. The maximum absolute atomic E-state index is 4.19. The fraction of sp³-hybridized carbons (Fsp3) is 0.615. The molecule has 94 valence electrons. The minimum Gasteiger partial charge on any atom is -0.385 e. The molecule has 0 spiro atoms. The lowest BCUT2D eigenvalue weighted by Crippen LogP contribution is -2.22. The quantitative estimate of drug-likeness (QED) is 0.739. The predicted molar refractivity (Wildman–Crippen MR) is 72.6 cm³/mol. The molecule has 1 aliphatic rings. The van der Waals surface area contributed by atoms with Crippen LogP contribution in [0.5, 0.6) is 0 Å². The van der Waals surface area contributed by atoms with Crippen LogP contribution in [0.1, 0.15) is 19.3 Å².